The average Bonchev–Trinajstić information content (AvgIpc) is 2.99. The Hall–Kier alpha value is -0.900. The number of aromatic nitrogens is 3. The Morgan fingerprint density at radius 3 is 2.35 bits per heavy atom. The zero-order valence-electron chi connectivity index (χ0n) is 12.9. The third kappa shape index (κ3) is 1.84. The smallest absolute Gasteiger partial charge is 0.150 e. The maximum atomic E-state index is 4.62. The van der Waals surface area contributed by atoms with Gasteiger partial charge in [0.25, 0.3) is 0 Å². The van der Waals surface area contributed by atoms with E-state index >= 15 is 0 Å². The van der Waals surface area contributed by atoms with Gasteiger partial charge in [-0.1, -0.05) is 33.6 Å². The summed E-state index contributed by atoms with van der Waals surface area (Å²) in [4.78, 5) is 0. The summed E-state index contributed by atoms with van der Waals surface area (Å²) in [6, 6.07) is 0.332. The molecule has 4 nitrogen and oxygen atoms in total. The van der Waals surface area contributed by atoms with Gasteiger partial charge < -0.3 is 9.88 Å². The zero-order valence-corrected chi connectivity index (χ0v) is 12.9. The van der Waals surface area contributed by atoms with Crippen LogP contribution in [0, 0.1) is 17.3 Å². The minimum Gasteiger partial charge on any atom is -0.312 e. The summed E-state index contributed by atoms with van der Waals surface area (Å²) in [5.74, 6) is 5.02. The molecule has 1 N–H and O–H groups in total. The van der Waals surface area contributed by atoms with Crippen molar-refractivity contribution in [3.05, 3.63) is 11.6 Å². The van der Waals surface area contributed by atoms with Gasteiger partial charge in [0, 0.05) is 19.0 Å². The Bertz CT molecular complexity index is 501. The van der Waals surface area contributed by atoms with Gasteiger partial charge in [-0.25, -0.2) is 0 Å². The zero-order chi connectivity index (χ0) is 13.9. The lowest BCUT2D eigenvalue weighted by Gasteiger charge is -2.34. The first-order chi connectivity index (χ1) is 9.57. The molecule has 3 atom stereocenters. The summed E-state index contributed by atoms with van der Waals surface area (Å²) >= 11 is 0. The molecule has 3 unspecified atom stereocenters. The molecule has 0 amide bonds. The first kappa shape index (κ1) is 12.8. The van der Waals surface area contributed by atoms with Crippen LogP contribution in [0.4, 0.5) is 0 Å². The van der Waals surface area contributed by atoms with Crippen molar-refractivity contribution in [2.45, 2.75) is 65.0 Å². The van der Waals surface area contributed by atoms with E-state index in [-0.39, 0.29) is 5.41 Å². The van der Waals surface area contributed by atoms with E-state index in [4.69, 9.17) is 0 Å². The second-order valence-electron chi connectivity index (χ2n) is 7.96. The SMILES string of the molecule is CC(C)(C)C1NCCn2c(C3C4CCCCC43)nnc21. The fourth-order valence-corrected chi connectivity index (χ4v) is 4.50. The molecule has 4 heteroatoms. The van der Waals surface area contributed by atoms with E-state index in [1.807, 2.05) is 0 Å². The number of fused-ring (bicyclic) bond motifs is 2. The van der Waals surface area contributed by atoms with Gasteiger partial charge in [0.15, 0.2) is 5.82 Å². The Morgan fingerprint density at radius 2 is 1.70 bits per heavy atom. The third-order valence-corrected chi connectivity index (χ3v) is 5.57. The predicted octanol–water partition coefficient (Wildman–Crippen LogP) is 2.87. The first-order valence-electron chi connectivity index (χ1n) is 8.24. The van der Waals surface area contributed by atoms with Crippen LogP contribution in [0.2, 0.25) is 0 Å². The Labute approximate surface area is 121 Å². The highest BCUT2D eigenvalue weighted by Crippen LogP contribution is 2.61. The van der Waals surface area contributed by atoms with Gasteiger partial charge in [-0.3, -0.25) is 0 Å². The van der Waals surface area contributed by atoms with E-state index < -0.39 is 0 Å². The Balaban J connectivity index is 1.66. The van der Waals surface area contributed by atoms with Crippen molar-refractivity contribution in [2.75, 3.05) is 6.54 Å². The maximum Gasteiger partial charge on any atom is 0.150 e. The monoisotopic (exact) mass is 274 g/mol. The summed E-state index contributed by atoms with van der Waals surface area (Å²) in [7, 11) is 0. The standard InChI is InChI=1S/C16H26N4/c1-16(2,3)13-15-19-18-14(20(15)9-8-17-13)12-10-6-4-5-7-11(10)12/h10-13,17H,4-9H2,1-3H3. The molecule has 2 saturated carbocycles. The molecular formula is C16H26N4. The normalized spacial score (nSPS) is 36.4. The molecule has 0 spiro atoms. The molecular weight excluding hydrogens is 248 g/mol. The largest absolute Gasteiger partial charge is 0.312 e. The van der Waals surface area contributed by atoms with Crippen LogP contribution in [0.3, 0.4) is 0 Å². The average molecular weight is 274 g/mol. The van der Waals surface area contributed by atoms with Gasteiger partial charge in [-0.15, -0.1) is 10.2 Å². The molecule has 0 bridgehead atoms. The van der Waals surface area contributed by atoms with E-state index in [1.54, 1.807) is 0 Å². The maximum absolute atomic E-state index is 4.62. The van der Waals surface area contributed by atoms with Crippen LogP contribution < -0.4 is 5.32 Å². The highest BCUT2D eigenvalue weighted by Gasteiger charge is 2.54. The fraction of sp³-hybridized carbons (Fsp3) is 0.875. The second kappa shape index (κ2) is 4.30. The van der Waals surface area contributed by atoms with Crippen molar-refractivity contribution >= 4 is 0 Å². The lowest BCUT2D eigenvalue weighted by atomic mass is 9.85. The molecule has 4 rings (SSSR count). The molecule has 2 aliphatic carbocycles. The van der Waals surface area contributed by atoms with Crippen molar-refractivity contribution in [3.63, 3.8) is 0 Å². The van der Waals surface area contributed by atoms with E-state index in [2.05, 4.69) is 40.9 Å². The number of nitrogens with zero attached hydrogens (tertiary/aromatic N) is 3. The molecule has 0 radical (unpaired) electrons. The van der Waals surface area contributed by atoms with Crippen LogP contribution in [0.15, 0.2) is 0 Å². The van der Waals surface area contributed by atoms with Crippen molar-refractivity contribution in [1.82, 2.24) is 20.1 Å². The molecule has 2 fully saturated rings. The lowest BCUT2D eigenvalue weighted by Crippen LogP contribution is -2.41. The molecule has 1 aromatic rings. The van der Waals surface area contributed by atoms with Crippen LogP contribution in [0.5, 0.6) is 0 Å². The number of hydrogen-bond donors (Lipinski definition) is 1. The second-order valence-corrected chi connectivity index (χ2v) is 7.96. The summed E-state index contributed by atoms with van der Waals surface area (Å²) in [6.07, 6.45) is 5.67. The molecule has 110 valence electrons. The topological polar surface area (TPSA) is 42.7 Å². The van der Waals surface area contributed by atoms with E-state index in [0.29, 0.717) is 6.04 Å². The van der Waals surface area contributed by atoms with E-state index in [0.717, 1.165) is 30.8 Å². The van der Waals surface area contributed by atoms with Gasteiger partial charge >= 0.3 is 0 Å². The molecule has 0 saturated heterocycles. The Morgan fingerprint density at radius 1 is 1.05 bits per heavy atom. The number of hydrogen-bond acceptors (Lipinski definition) is 3. The lowest BCUT2D eigenvalue weighted by molar-refractivity contribution is 0.232. The van der Waals surface area contributed by atoms with Crippen LogP contribution in [-0.4, -0.2) is 21.3 Å². The van der Waals surface area contributed by atoms with E-state index in [9.17, 15) is 0 Å². The van der Waals surface area contributed by atoms with Crippen LogP contribution in [0.1, 0.15) is 70.1 Å². The number of nitrogens with one attached hydrogen (secondary N) is 1. The van der Waals surface area contributed by atoms with Gasteiger partial charge in [0.05, 0.1) is 6.04 Å². The Kier molecular flexibility index (Phi) is 2.75. The minimum atomic E-state index is 0.193. The molecule has 0 aromatic carbocycles. The van der Waals surface area contributed by atoms with Crippen molar-refractivity contribution in [2.24, 2.45) is 17.3 Å². The highest BCUT2D eigenvalue weighted by atomic mass is 15.3. The summed E-state index contributed by atoms with van der Waals surface area (Å²) in [5.41, 5.74) is 0.193. The predicted molar refractivity (Wildman–Crippen MR) is 78.4 cm³/mol. The van der Waals surface area contributed by atoms with E-state index in [1.165, 1.54) is 37.3 Å². The van der Waals surface area contributed by atoms with Crippen LogP contribution >= 0.6 is 0 Å². The third-order valence-electron chi connectivity index (χ3n) is 5.57. The van der Waals surface area contributed by atoms with Gasteiger partial charge in [0.1, 0.15) is 5.82 Å². The minimum absolute atomic E-state index is 0.193. The van der Waals surface area contributed by atoms with Crippen molar-refractivity contribution in [1.29, 1.82) is 0 Å². The van der Waals surface area contributed by atoms with Crippen LogP contribution in [-0.2, 0) is 6.54 Å². The van der Waals surface area contributed by atoms with Gasteiger partial charge in [0.2, 0.25) is 0 Å². The van der Waals surface area contributed by atoms with Crippen molar-refractivity contribution in [3.8, 4) is 0 Å². The summed E-state index contributed by atoms with van der Waals surface area (Å²) < 4.78 is 2.44. The van der Waals surface area contributed by atoms with Gasteiger partial charge in [-0.05, 0) is 30.1 Å². The molecule has 1 aromatic heterocycles. The number of rotatable bonds is 1. The first-order valence-corrected chi connectivity index (χ1v) is 8.24. The summed E-state index contributed by atoms with van der Waals surface area (Å²) in [5, 5.41) is 12.8. The molecule has 2 heterocycles. The van der Waals surface area contributed by atoms with Gasteiger partial charge in [-0.2, -0.15) is 0 Å². The molecule has 3 aliphatic rings. The van der Waals surface area contributed by atoms with Crippen LogP contribution in [0.25, 0.3) is 0 Å². The fourth-order valence-electron chi connectivity index (χ4n) is 4.50. The quantitative estimate of drug-likeness (QED) is 0.856. The van der Waals surface area contributed by atoms with Crippen molar-refractivity contribution < 1.29 is 0 Å². The summed E-state index contributed by atoms with van der Waals surface area (Å²) in [6.45, 7) is 8.94. The highest BCUT2D eigenvalue weighted by molar-refractivity contribution is 5.20. The molecule has 20 heavy (non-hydrogen) atoms. The molecule has 1 aliphatic heterocycles.